The van der Waals surface area contributed by atoms with Crippen LogP contribution in [0.1, 0.15) is 19.7 Å². The van der Waals surface area contributed by atoms with Crippen LogP contribution in [0.3, 0.4) is 0 Å². The van der Waals surface area contributed by atoms with Gasteiger partial charge in [-0.25, -0.2) is 0 Å². The quantitative estimate of drug-likeness (QED) is 0.546. The highest BCUT2D eigenvalue weighted by Gasteiger charge is 2.05. The molecule has 20 heavy (non-hydrogen) atoms. The van der Waals surface area contributed by atoms with Gasteiger partial charge in [0.05, 0.1) is 32.0 Å². The molecule has 1 aromatic rings. The molecule has 0 aliphatic carbocycles. The Labute approximate surface area is 120 Å². The van der Waals surface area contributed by atoms with Gasteiger partial charge in [-0.1, -0.05) is 0 Å². The Bertz CT molecular complexity index is 357. The number of hydrogen-bond acceptors (Lipinski definition) is 6. The summed E-state index contributed by atoms with van der Waals surface area (Å²) in [5.41, 5.74) is 0. The van der Waals surface area contributed by atoms with Gasteiger partial charge in [-0.05, 0) is 13.8 Å². The average molecular weight is 286 g/mol. The number of aliphatic hydroxyl groups excluding tert-OH is 1. The van der Waals surface area contributed by atoms with E-state index in [9.17, 15) is 5.11 Å². The van der Waals surface area contributed by atoms with E-state index in [4.69, 9.17) is 9.47 Å². The number of aromatic nitrogens is 3. The summed E-state index contributed by atoms with van der Waals surface area (Å²) >= 11 is 0. The molecule has 0 saturated carbocycles. The molecule has 1 atom stereocenters. The minimum absolute atomic E-state index is 0.214. The van der Waals surface area contributed by atoms with E-state index in [0.29, 0.717) is 26.4 Å². The molecule has 0 saturated heterocycles. The minimum atomic E-state index is -0.506. The zero-order chi connectivity index (χ0) is 14.8. The third kappa shape index (κ3) is 7.54. The maximum absolute atomic E-state index is 9.71. The van der Waals surface area contributed by atoms with Crippen LogP contribution in [0.25, 0.3) is 0 Å². The van der Waals surface area contributed by atoms with Gasteiger partial charge in [-0.15, -0.1) is 10.2 Å². The van der Waals surface area contributed by atoms with Crippen LogP contribution in [0.2, 0.25) is 0 Å². The van der Waals surface area contributed by atoms with Crippen LogP contribution in [0.4, 0.5) is 0 Å². The molecule has 0 aliphatic rings. The van der Waals surface area contributed by atoms with Crippen molar-refractivity contribution in [1.82, 2.24) is 20.1 Å². The van der Waals surface area contributed by atoms with Crippen LogP contribution in [-0.4, -0.2) is 65.0 Å². The number of nitrogens with zero attached hydrogens (tertiary/aromatic N) is 3. The van der Waals surface area contributed by atoms with Gasteiger partial charge in [0.15, 0.2) is 0 Å². The molecule has 0 amide bonds. The molecule has 1 aromatic heterocycles. The molecule has 0 aromatic carbocycles. The molecular weight excluding hydrogens is 260 g/mol. The summed E-state index contributed by atoms with van der Waals surface area (Å²) < 4.78 is 12.5. The largest absolute Gasteiger partial charge is 0.389 e. The fourth-order valence-corrected chi connectivity index (χ4v) is 1.62. The Hall–Kier alpha value is -1.02. The maximum Gasteiger partial charge on any atom is 0.133 e. The number of rotatable bonds is 11. The molecule has 116 valence electrons. The van der Waals surface area contributed by atoms with Gasteiger partial charge in [0, 0.05) is 26.6 Å². The van der Waals surface area contributed by atoms with E-state index in [-0.39, 0.29) is 6.10 Å². The first-order valence-electron chi connectivity index (χ1n) is 7.00. The van der Waals surface area contributed by atoms with Gasteiger partial charge in [-0.2, -0.15) is 0 Å². The van der Waals surface area contributed by atoms with Crippen molar-refractivity contribution in [1.29, 1.82) is 0 Å². The normalized spacial score (nSPS) is 13.1. The van der Waals surface area contributed by atoms with Gasteiger partial charge in [-0.3, -0.25) is 0 Å². The lowest BCUT2D eigenvalue weighted by atomic mass is 10.3. The highest BCUT2D eigenvalue weighted by Crippen LogP contribution is 1.92. The summed E-state index contributed by atoms with van der Waals surface area (Å²) in [7, 11) is 1.91. The van der Waals surface area contributed by atoms with E-state index in [2.05, 4.69) is 15.5 Å². The molecule has 1 unspecified atom stereocenters. The average Bonchev–Trinajstić information content (AvgIpc) is 2.79. The smallest absolute Gasteiger partial charge is 0.133 e. The number of ether oxygens (including phenoxy) is 2. The Morgan fingerprint density at radius 1 is 1.40 bits per heavy atom. The summed E-state index contributed by atoms with van der Waals surface area (Å²) in [4.78, 5) is 0. The lowest BCUT2D eigenvalue weighted by Gasteiger charge is -2.13. The second kappa shape index (κ2) is 9.82. The Morgan fingerprint density at radius 3 is 2.85 bits per heavy atom. The molecule has 1 heterocycles. The lowest BCUT2D eigenvalue weighted by molar-refractivity contribution is -0.00990. The minimum Gasteiger partial charge on any atom is -0.389 e. The van der Waals surface area contributed by atoms with E-state index in [1.165, 1.54) is 0 Å². The number of aliphatic hydroxyl groups is 1. The van der Waals surface area contributed by atoms with Crippen LogP contribution in [0, 0.1) is 0 Å². The fourth-order valence-electron chi connectivity index (χ4n) is 1.62. The maximum atomic E-state index is 9.71. The summed E-state index contributed by atoms with van der Waals surface area (Å²) in [5, 5.41) is 20.7. The highest BCUT2D eigenvalue weighted by molar-refractivity contribution is 4.84. The predicted octanol–water partition coefficient (Wildman–Crippen LogP) is -0.250. The molecule has 0 fully saturated rings. The Kier molecular flexibility index (Phi) is 8.36. The van der Waals surface area contributed by atoms with E-state index < -0.39 is 6.10 Å². The van der Waals surface area contributed by atoms with E-state index in [1.54, 1.807) is 6.33 Å². The second-order valence-electron chi connectivity index (χ2n) is 4.96. The first-order chi connectivity index (χ1) is 9.59. The number of nitrogens with one attached hydrogen (secondary N) is 1. The topological polar surface area (TPSA) is 81.4 Å². The first-order valence-corrected chi connectivity index (χ1v) is 7.00. The number of hydrogen-bond donors (Lipinski definition) is 2. The summed E-state index contributed by atoms with van der Waals surface area (Å²) in [5.74, 6) is 0.925. The predicted molar refractivity (Wildman–Crippen MR) is 75.5 cm³/mol. The van der Waals surface area contributed by atoms with Crippen molar-refractivity contribution in [3.05, 3.63) is 12.2 Å². The van der Waals surface area contributed by atoms with Crippen molar-refractivity contribution in [2.45, 2.75) is 32.5 Å². The lowest BCUT2D eigenvalue weighted by Crippen LogP contribution is -2.32. The van der Waals surface area contributed by atoms with Gasteiger partial charge >= 0.3 is 0 Å². The van der Waals surface area contributed by atoms with Gasteiger partial charge in [0.25, 0.3) is 0 Å². The Morgan fingerprint density at radius 2 is 2.20 bits per heavy atom. The van der Waals surface area contributed by atoms with Crippen molar-refractivity contribution in [2.75, 3.05) is 32.9 Å². The van der Waals surface area contributed by atoms with Crippen LogP contribution >= 0.6 is 0 Å². The van der Waals surface area contributed by atoms with Crippen molar-refractivity contribution in [2.24, 2.45) is 7.05 Å². The monoisotopic (exact) mass is 286 g/mol. The molecular formula is C13H26N4O3. The third-order valence-electron chi connectivity index (χ3n) is 2.70. The van der Waals surface area contributed by atoms with E-state index in [0.717, 1.165) is 18.8 Å². The summed E-state index contributed by atoms with van der Waals surface area (Å²) in [6, 6.07) is 0. The van der Waals surface area contributed by atoms with Gasteiger partial charge in [0.2, 0.25) is 0 Å². The van der Waals surface area contributed by atoms with Crippen molar-refractivity contribution in [3.63, 3.8) is 0 Å². The van der Waals surface area contributed by atoms with Crippen LogP contribution in [-0.2, 0) is 22.9 Å². The second-order valence-corrected chi connectivity index (χ2v) is 4.96. The molecule has 0 spiro atoms. The van der Waals surface area contributed by atoms with E-state index in [1.807, 2.05) is 25.5 Å². The molecule has 2 N–H and O–H groups in total. The van der Waals surface area contributed by atoms with Gasteiger partial charge < -0.3 is 24.5 Å². The summed E-state index contributed by atoms with van der Waals surface area (Å²) in [6.07, 6.45) is 2.17. The zero-order valence-corrected chi connectivity index (χ0v) is 12.6. The summed E-state index contributed by atoms with van der Waals surface area (Å²) in [6.45, 7) is 6.60. The molecule has 0 aliphatic heterocycles. The molecule has 7 heteroatoms. The van der Waals surface area contributed by atoms with Gasteiger partial charge in [0.1, 0.15) is 12.2 Å². The standard InChI is InChI=1S/C13H26N4O3/c1-11(2)20-7-6-19-9-12(18)8-14-5-4-13-16-15-10-17(13)3/h10-12,14,18H,4-9H2,1-3H3. The zero-order valence-electron chi connectivity index (χ0n) is 12.6. The Balaban J connectivity index is 1.95. The highest BCUT2D eigenvalue weighted by atomic mass is 16.5. The van der Waals surface area contributed by atoms with E-state index >= 15 is 0 Å². The first kappa shape index (κ1) is 17.0. The molecule has 0 bridgehead atoms. The van der Waals surface area contributed by atoms with Crippen LogP contribution in [0.15, 0.2) is 6.33 Å². The molecule has 1 rings (SSSR count). The third-order valence-corrected chi connectivity index (χ3v) is 2.70. The SMILES string of the molecule is CC(C)OCCOCC(O)CNCCc1nncn1C. The van der Waals surface area contributed by atoms with Crippen molar-refractivity contribution in [3.8, 4) is 0 Å². The van der Waals surface area contributed by atoms with Crippen molar-refractivity contribution >= 4 is 0 Å². The molecule has 0 radical (unpaired) electrons. The number of aryl methyl sites for hydroxylation is 1. The van der Waals surface area contributed by atoms with Crippen LogP contribution in [0.5, 0.6) is 0 Å². The van der Waals surface area contributed by atoms with Crippen LogP contribution < -0.4 is 5.32 Å². The van der Waals surface area contributed by atoms with Crippen molar-refractivity contribution < 1.29 is 14.6 Å². The fraction of sp³-hybridized carbons (Fsp3) is 0.846. The molecule has 7 nitrogen and oxygen atoms in total.